The fourth-order valence-corrected chi connectivity index (χ4v) is 3.62. The van der Waals surface area contributed by atoms with Crippen LogP contribution in [0.3, 0.4) is 0 Å². The summed E-state index contributed by atoms with van der Waals surface area (Å²) in [7, 11) is 3.57. The number of hydrogen-bond donors (Lipinski definition) is 1. The van der Waals surface area contributed by atoms with E-state index in [1.165, 1.54) is 0 Å². The molecule has 0 radical (unpaired) electrons. The molecule has 2 aliphatic rings. The summed E-state index contributed by atoms with van der Waals surface area (Å²) in [5, 5.41) is 10.3. The Bertz CT molecular complexity index is 624. The maximum Gasteiger partial charge on any atom is 0.490 e. The number of halogens is 3. The molecule has 3 rings (SSSR count). The summed E-state index contributed by atoms with van der Waals surface area (Å²) < 4.78 is 37.6. The van der Waals surface area contributed by atoms with E-state index in [-0.39, 0.29) is 18.1 Å². The van der Waals surface area contributed by atoms with Crippen LogP contribution in [0, 0.1) is 0 Å². The van der Waals surface area contributed by atoms with E-state index >= 15 is 0 Å². The molecule has 0 spiro atoms. The molecular weight excluding hydrogens is 375 g/mol. The zero-order chi connectivity index (χ0) is 19.5. The molecule has 3 heterocycles. The molecule has 7 nitrogen and oxygen atoms in total. The van der Waals surface area contributed by atoms with Crippen molar-refractivity contribution in [2.45, 2.75) is 43.8 Å². The molecule has 1 amide bonds. The van der Waals surface area contributed by atoms with Gasteiger partial charge < -0.3 is 14.7 Å². The number of rotatable bonds is 3. The molecule has 1 N–H and O–H groups in total. The summed E-state index contributed by atoms with van der Waals surface area (Å²) in [6, 6.07) is 0.373. The summed E-state index contributed by atoms with van der Waals surface area (Å²) >= 11 is 1.69. The van der Waals surface area contributed by atoms with Crippen molar-refractivity contribution in [3.8, 4) is 0 Å². The minimum Gasteiger partial charge on any atom is -0.475 e. The van der Waals surface area contributed by atoms with Crippen molar-refractivity contribution in [1.29, 1.82) is 0 Å². The number of fused-ring (bicyclic) bond motifs is 1. The van der Waals surface area contributed by atoms with Crippen molar-refractivity contribution < 1.29 is 32.6 Å². The highest BCUT2D eigenvalue weighted by Gasteiger charge is 2.45. The van der Waals surface area contributed by atoms with E-state index < -0.39 is 12.1 Å². The molecule has 2 saturated heterocycles. The number of alkyl halides is 3. The highest BCUT2D eigenvalue weighted by Crippen LogP contribution is 2.34. The molecule has 0 bridgehead atoms. The second kappa shape index (κ2) is 8.31. The number of carboxylic acids is 1. The van der Waals surface area contributed by atoms with Gasteiger partial charge in [-0.15, -0.1) is 11.3 Å². The third-order valence-corrected chi connectivity index (χ3v) is 4.94. The first-order valence-corrected chi connectivity index (χ1v) is 8.76. The molecular formula is C15H20F3N3O4S. The molecule has 1 aromatic rings. The van der Waals surface area contributed by atoms with Crippen LogP contribution in [0.1, 0.15) is 17.8 Å². The van der Waals surface area contributed by atoms with Gasteiger partial charge >= 0.3 is 12.1 Å². The monoisotopic (exact) mass is 395 g/mol. The van der Waals surface area contributed by atoms with Gasteiger partial charge in [0, 0.05) is 44.7 Å². The quantitative estimate of drug-likeness (QED) is 0.837. The molecule has 0 unspecified atom stereocenters. The lowest BCUT2D eigenvalue weighted by Crippen LogP contribution is -2.35. The maximum absolute atomic E-state index is 12.0. The van der Waals surface area contributed by atoms with E-state index in [1.807, 2.05) is 11.6 Å². The number of ether oxygens (including phenoxy) is 1. The Balaban J connectivity index is 0.000000298. The summed E-state index contributed by atoms with van der Waals surface area (Å²) in [5.41, 5.74) is 0. The van der Waals surface area contributed by atoms with Crippen LogP contribution in [0.4, 0.5) is 13.2 Å². The highest BCUT2D eigenvalue weighted by molar-refractivity contribution is 7.09. The number of nitrogens with zero attached hydrogens (tertiary/aromatic N) is 3. The maximum atomic E-state index is 12.0. The average Bonchev–Trinajstić information content (AvgIpc) is 3.25. The first kappa shape index (κ1) is 20.6. The van der Waals surface area contributed by atoms with Gasteiger partial charge in [0.1, 0.15) is 11.1 Å². The number of carbonyl (C=O) groups is 2. The Morgan fingerprint density at radius 1 is 1.46 bits per heavy atom. The van der Waals surface area contributed by atoms with Crippen LogP contribution in [-0.2, 0) is 20.9 Å². The molecule has 2 aliphatic heterocycles. The molecule has 0 saturated carbocycles. The summed E-state index contributed by atoms with van der Waals surface area (Å²) in [6.45, 7) is 1.92. The van der Waals surface area contributed by atoms with E-state index in [1.54, 1.807) is 30.3 Å². The van der Waals surface area contributed by atoms with Gasteiger partial charge in [-0.05, 0) is 6.42 Å². The lowest BCUT2D eigenvalue weighted by molar-refractivity contribution is -0.192. The van der Waals surface area contributed by atoms with Crippen molar-refractivity contribution >= 4 is 23.2 Å². The van der Waals surface area contributed by atoms with Crippen molar-refractivity contribution in [2.24, 2.45) is 0 Å². The second-order valence-electron chi connectivity index (χ2n) is 6.19. The number of aliphatic carboxylic acids is 1. The Morgan fingerprint density at radius 3 is 2.62 bits per heavy atom. The predicted molar refractivity (Wildman–Crippen MR) is 86.6 cm³/mol. The zero-order valence-electron chi connectivity index (χ0n) is 14.3. The van der Waals surface area contributed by atoms with Crippen molar-refractivity contribution in [2.75, 3.05) is 20.6 Å². The van der Waals surface area contributed by atoms with Crippen LogP contribution >= 0.6 is 11.3 Å². The summed E-state index contributed by atoms with van der Waals surface area (Å²) in [4.78, 5) is 29.2. The minimum atomic E-state index is -5.08. The number of hydrogen-bond acceptors (Lipinski definition) is 6. The van der Waals surface area contributed by atoms with Crippen LogP contribution in [0.15, 0.2) is 11.6 Å². The van der Waals surface area contributed by atoms with E-state index in [9.17, 15) is 18.0 Å². The first-order valence-electron chi connectivity index (χ1n) is 7.88. The highest BCUT2D eigenvalue weighted by atomic mass is 32.1. The summed E-state index contributed by atoms with van der Waals surface area (Å²) in [5.74, 6) is -2.67. The first-order chi connectivity index (χ1) is 12.1. The van der Waals surface area contributed by atoms with Crippen LogP contribution in [-0.4, -0.2) is 76.8 Å². The van der Waals surface area contributed by atoms with E-state index in [2.05, 4.69) is 9.88 Å². The average molecular weight is 395 g/mol. The van der Waals surface area contributed by atoms with Gasteiger partial charge in [-0.3, -0.25) is 9.69 Å². The standard InChI is InChI=1S/C13H19N3O2S.C2HF3O2/c1-15(2)13(17)11-7-9-10(18-11)3-5-16(9)8-12-14-4-6-19-12;3-2(4,5)1(6)7/h4,6,9-11H,3,5,7-8H2,1-2H3;(H,6,7)/t9-,10-,11+;/m1./s1. The fraction of sp³-hybridized carbons (Fsp3) is 0.667. The zero-order valence-corrected chi connectivity index (χ0v) is 15.1. The Kier molecular flexibility index (Phi) is 6.58. The number of thiazole rings is 1. The van der Waals surface area contributed by atoms with E-state index in [0.717, 1.165) is 30.9 Å². The normalized spacial score (nSPS) is 25.3. The lowest BCUT2D eigenvalue weighted by atomic mass is 10.1. The van der Waals surface area contributed by atoms with Gasteiger partial charge in [0.2, 0.25) is 0 Å². The number of carbonyl (C=O) groups excluding carboxylic acids is 1. The molecule has 11 heteroatoms. The van der Waals surface area contributed by atoms with E-state index in [0.29, 0.717) is 6.04 Å². The number of likely N-dealkylation sites (tertiary alicyclic amines) is 1. The van der Waals surface area contributed by atoms with Crippen molar-refractivity contribution in [3.63, 3.8) is 0 Å². The van der Waals surface area contributed by atoms with Crippen molar-refractivity contribution in [1.82, 2.24) is 14.8 Å². The minimum absolute atomic E-state index is 0.0867. The smallest absolute Gasteiger partial charge is 0.475 e. The Hall–Kier alpha value is -1.72. The SMILES string of the molecule is CN(C)C(=O)[C@@H]1C[C@@H]2[C@@H](CCN2Cc2nccs2)O1.O=C(O)C(F)(F)F. The van der Waals surface area contributed by atoms with Gasteiger partial charge in [-0.2, -0.15) is 13.2 Å². The van der Waals surface area contributed by atoms with Gasteiger partial charge in [0.05, 0.1) is 12.6 Å². The van der Waals surface area contributed by atoms with Crippen LogP contribution < -0.4 is 0 Å². The number of carboxylic acid groups (broad SMARTS) is 1. The van der Waals surface area contributed by atoms with Gasteiger partial charge in [-0.25, -0.2) is 9.78 Å². The fourth-order valence-electron chi connectivity index (χ4n) is 2.98. The molecule has 2 fully saturated rings. The molecule has 3 atom stereocenters. The molecule has 0 aliphatic carbocycles. The Labute approximate surface area is 152 Å². The van der Waals surface area contributed by atoms with Gasteiger partial charge in [-0.1, -0.05) is 0 Å². The van der Waals surface area contributed by atoms with Gasteiger partial charge in [0.15, 0.2) is 0 Å². The molecule has 0 aromatic carbocycles. The third-order valence-electron chi connectivity index (χ3n) is 4.17. The summed E-state index contributed by atoms with van der Waals surface area (Å²) in [6.07, 6.45) is -1.45. The second-order valence-corrected chi connectivity index (χ2v) is 7.17. The Morgan fingerprint density at radius 2 is 2.12 bits per heavy atom. The number of likely N-dealkylation sites (N-methyl/N-ethyl adjacent to an activating group) is 1. The number of amides is 1. The van der Waals surface area contributed by atoms with Crippen LogP contribution in [0.2, 0.25) is 0 Å². The largest absolute Gasteiger partial charge is 0.490 e. The van der Waals surface area contributed by atoms with Crippen LogP contribution in [0.25, 0.3) is 0 Å². The van der Waals surface area contributed by atoms with Crippen molar-refractivity contribution in [3.05, 3.63) is 16.6 Å². The van der Waals surface area contributed by atoms with Gasteiger partial charge in [0.25, 0.3) is 5.91 Å². The predicted octanol–water partition coefficient (Wildman–Crippen LogP) is 1.60. The molecule has 1 aromatic heterocycles. The topological polar surface area (TPSA) is 83.0 Å². The lowest BCUT2D eigenvalue weighted by Gasteiger charge is -2.21. The number of aromatic nitrogens is 1. The van der Waals surface area contributed by atoms with E-state index in [4.69, 9.17) is 14.6 Å². The third kappa shape index (κ3) is 5.15. The molecule has 146 valence electrons. The molecule has 26 heavy (non-hydrogen) atoms. The van der Waals surface area contributed by atoms with Crippen LogP contribution in [0.5, 0.6) is 0 Å².